The van der Waals surface area contributed by atoms with Crippen LogP contribution in [-0.2, 0) is 0 Å². The molecular formula is C14H23NS. The summed E-state index contributed by atoms with van der Waals surface area (Å²) in [7, 11) is 2.07. The maximum atomic E-state index is 3.39. The highest BCUT2D eigenvalue weighted by Crippen LogP contribution is 2.19. The summed E-state index contributed by atoms with van der Waals surface area (Å²) in [5.41, 5.74) is 0. The van der Waals surface area contributed by atoms with Crippen LogP contribution in [0.15, 0.2) is 35.2 Å². The molecule has 0 saturated heterocycles. The van der Waals surface area contributed by atoms with Gasteiger partial charge in [0.2, 0.25) is 0 Å². The second-order valence-electron chi connectivity index (χ2n) is 4.08. The van der Waals surface area contributed by atoms with Crippen molar-refractivity contribution in [1.29, 1.82) is 0 Å². The quantitative estimate of drug-likeness (QED) is 0.543. The molecule has 1 aromatic rings. The van der Waals surface area contributed by atoms with Gasteiger partial charge in [0, 0.05) is 10.9 Å². The molecule has 16 heavy (non-hydrogen) atoms. The van der Waals surface area contributed by atoms with Crippen molar-refractivity contribution in [1.82, 2.24) is 5.32 Å². The summed E-state index contributed by atoms with van der Waals surface area (Å²) in [6.45, 7) is 2.25. The first kappa shape index (κ1) is 13.6. The van der Waals surface area contributed by atoms with E-state index in [2.05, 4.69) is 49.6 Å². The van der Waals surface area contributed by atoms with E-state index in [4.69, 9.17) is 0 Å². The van der Waals surface area contributed by atoms with Gasteiger partial charge in [-0.05, 0) is 44.2 Å². The lowest BCUT2D eigenvalue weighted by atomic mass is 10.1. The molecule has 1 rings (SSSR count). The molecule has 1 N–H and O–H groups in total. The summed E-state index contributed by atoms with van der Waals surface area (Å²) in [5.74, 6) is 1.23. The molecule has 2 heteroatoms. The van der Waals surface area contributed by atoms with Crippen LogP contribution in [0.5, 0.6) is 0 Å². The first-order valence-electron chi connectivity index (χ1n) is 6.22. The smallest absolute Gasteiger partial charge is 0.00719 e. The van der Waals surface area contributed by atoms with Crippen molar-refractivity contribution in [2.45, 2.75) is 43.5 Å². The summed E-state index contributed by atoms with van der Waals surface area (Å²) in [4.78, 5) is 1.39. The maximum absolute atomic E-state index is 3.39. The zero-order chi connectivity index (χ0) is 11.6. The molecule has 0 radical (unpaired) electrons. The van der Waals surface area contributed by atoms with Crippen molar-refractivity contribution in [3.8, 4) is 0 Å². The van der Waals surface area contributed by atoms with Crippen molar-refractivity contribution in [3.05, 3.63) is 30.3 Å². The van der Waals surface area contributed by atoms with Gasteiger partial charge in [-0.15, -0.1) is 11.8 Å². The first-order valence-corrected chi connectivity index (χ1v) is 7.20. The molecule has 0 aliphatic heterocycles. The molecule has 1 aromatic carbocycles. The largest absolute Gasteiger partial charge is 0.317 e. The number of benzene rings is 1. The molecule has 0 heterocycles. The normalized spacial score (nSPS) is 12.6. The Morgan fingerprint density at radius 1 is 1.19 bits per heavy atom. The molecule has 0 aromatic heterocycles. The van der Waals surface area contributed by atoms with E-state index in [1.54, 1.807) is 0 Å². The minimum Gasteiger partial charge on any atom is -0.317 e. The maximum Gasteiger partial charge on any atom is 0.00719 e. The van der Waals surface area contributed by atoms with Gasteiger partial charge in [-0.2, -0.15) is 0 Å². The van der Waals surface area contributed by atoms with Gasteiger partial charge >= 0.3 is 0 Å². The third kappa shape index (κ3) is 5.57. The number of hydrogen-bond acceptors (Lipinski definition) is 2. The highest BCUT2D eigenvalue weighted by Gasteiger charge is 2.03. The third-order valence-electron chi connectivity index (χ3n) is 2.75. The van der Waals surface area contributed by atoms with E-state index in [1.807, 2.05) is 11.8 Å². The standard InChI is InChI=1S/C14H23NS/c1-3-8-13(15-2)9-7-12-16-14-10-5-4-6-11-14/h4-6,10-11,13,15H,3,7-9,12H2,1-2H3. The molecule has 0 spiro atoms. The minimum atomic E-state index is 0.710. The van der Waals surface area contributed by atoms with Crippen LogP contribution in [0.1, 0.15) is 32.6 Å². The SMILES string of the molecule is CCCC(CCCSc1ccccc1)NC. The fraction of sp³-hybridized carbons (Fsp3) is 0.571. The van der Waals surface area contributed by atoms with Crippen molar-refractivity contribution < 1.29 is 0 Å². The van der Waals surface area contributed by atoms with Gasteiger partial charge in [0.15, 0.2) is 0 Å². The highest BCUT2D eigenvalue weighted by molar-refractivity contribution is 7.99. The van der Waals surface area contributed by atoms with Crippen molar-refractivity contribution in [3.63, 3.8) is 0 Å². The van der Waals surface area contributed by atoms with E-state index in [0.29, 0.717) is 6.04 Å². The average molecular weight is 237 g/mol. The Labute approximate surface area is 104 Å². The van der Waals surface area contributed by atoms with Gasteiger partial charge < -0.3 is 5.32 Å². The zero-order valence-electron chi connectivity index (χ0n) is 10.4. The van der Waals surface area contributed by atoms with Crippen LogP contribution in [0.2, 0.25) is 0 Å². The van der Waals surface area contributed by atoms with E-state index in [0.717, 1.165) is 0 Å². The molecule has 0 fully saturated rings. The van der Waals surface area contributed by atoms with E-state index >= 15 is 0 Å². The van der Waals surface area contributed by atoms with Crippen LogP contribution in [-0.4, -0.2) is 18.8 Å². The van der Waals surface area contributed by atoms with Crippen molar-refractivity contribution in [2.24, 2.45) is 0 Å². The van der Waals surface area contributed by atoms with Crippen LogP contribution in [0.3, 0.4) is 0 Å². The molecule has 0 aliphatic carbocycles. The highest BCUT2D eigenvalue weighted by atomic mass is 32.2. The average Bonchev–Trinajstić information content (AvgIpc) is 2.34. The molecule has 0 bridgehead atoms. The van der Waals surface area contributed by atoms with Crippen molar-refractivity contribution >= 4 is 11.8 Å². The predicted octanol–water partition coefficient (Wildman–Crippen LogP) is 3.95. The van der Waals surface area contributed by atoms with Crippen LogP contribution in [0.4, 0.5) is 0 Å². The Bertz CT molecular complexity index is 261. The van der Waals surface area contributed by atoms with Gasteiger partial charge in [0.05, 0.1) is 0 Å². The van der Waals surface area contributed by atoms with Crippen LogP contribution >= 0.6 is 11.8 Å². The molecule has 0 saturated carbocycles. The first-order chi connectivity index (χ1) is 7.86. The molecule has 0 amide bonds. The number of hydrogen-bond donors (Lipinski definition) is 1. The molecular weight excluding hydrogens is 214 g/mol. The zero-order valence-corrected chi connectivity index (χ0v) is 11.2. The Morgan fingerprint density at radius 2 is 1.94 bits per heavy atom. The minimum absolute atomic E-state index is 0.710. The Hall–Kier alpha value is -0.470. The van der Waals surface area contributed by atoms with Crippen LogP contribution in [0.25, 0.3) is 0 Å². The fourth-order valence-electron chi connectivity index (χ4n) is 1.82. The lowest BCUT2D eigenvalue weighted by Crippen LogP contribution is -2.24. The summed E-state index contributed by atoms with van der Waals surface area (Å²) in [5, 5.41) is 3.39. The summed E-state index contributed by atoms with van der Waals surface area (Å²) >= 11 is 1.96. The van der Waals surface area contributed by atoms with Gasteiger partial charge in [0.1, 0.15) is 0 Å². The summed E-state index contributed by atoms with van der Waals surface area (Å²) in [6.07, 6.45) is 5.17. The predicted molar refractivity (Wildman–Crippen MR) is 74.2 cm³/mol. The lowest BCUT2D eigenvalue weighted by Gasteiger charge is -2.14. The van der Waals surface area contributed by atoms with Crippen LogP contribution < -0.4 is 5.32 Å². The fourth-order valence-corrected chi connectivity index (χ4v) is 2.71. The van der Waals surface area contributed by atoms with Gasteiger partial charge in [0.25, 0.3) is 0 Å². The Kier molecular flexibility index (Phi) is 7.35. The molecule has 0 aliphatic rings. The third-order valence-corrected chi connectivity index (χ3v) is 3.85. The lowest BCUT2D eigenvalue weighted by molar-refractivity contribution is 0.480. The number of thioether (sulfide) groups is 1. The van der Waals surface area contributed by atoms with Crippen molar-refractivity contribution in [2.75, 3.05) is 12.8 Å². The summed E-state index contributed by atoms with van der Waals surface area (Å²) in [6, 6.07) is 11.4. The second kappa shape index (κ2) is 8.66. The molecule has 1 atom stereocenters. The van der Waals surface area contributed by atoms with E-state index in [1.165, 1.54) is 36.3 Å². The van der Waals surface area contributed by atoms with E-state index in [-0.39, 0.29) is 0 Å². The van der Waals surface area contributed by atoms with Gasteiger partial charge in [-0.3, -0.25) is 0 Å². The van der Waals surface area contributed by atoms with Gasteiger partial charge in [-0.25, -0.2) is 0 Å². The second-order valence-corrected chi connectivity index (χ2v) is 5.25. The Morgan fingerprint density at radius 3 is 2.56 bits per heavy atom. The molecule has 1 nitrogen and oxygen atoms in total. The topological polar surface area (TPSA) is 12.0 Å². The number of nitrogens with one attached hydrogen (secondary N) is 1. The number of rotatable bonds is 8. The Balaban J connectivity index is 2.11. The summed E-state index contributed by atoms with van der Waals surface area (Å²) < 4.78 is 0. The van der Waals surface area contributed by atoms with Crippen LogP contribution in [0, 0.1) is 0 Å². The van der Waals surface area contributed by atoms with E-state index in [9.17, 15) is 0 Å². The monoisotopic (exact) mass is 237 g/mol. The molecule has 90 valence electrons. The van der Waals surface area contributed by atoms with Gasteiger partial charge in [-0.1, -0.05) is 31.5 Å². The molecule has 1 unspecified atom stereocenters. The van der Waals surface area contributed by atoms with E-state index < -0.39 is 0 Å².